The van der Waals surface area contributed by atoms with E-state index in [0.29, 0.717) is 6.42 Å². The molecule has 0 saturated carbocycles. The predicted molar refractivity (Wildman–Crippen MR) is 86.7 cm³/mol. The molecular formula is C14H28ClN3O3. The predicted octanol–water partition coefficient (Wildman–Crippen LogP) is 2.45. The van der Waals surface area contributed by atoms with Gasteiger partial charge >= 0.3 is 5.97 Å². The van der Waals surface area contributed by atoms with Crippen LogP contribution in [0.15, 0.2) is 4.99 Å². The number of guanidine groups is 1. The number of nitrogens with one attached hydrogen (secondary N) is 1. The van der Waals surface area contributed by atoms with Crippen molar-refractivity contribution in [1.82, 2.24) is 5.32 Å². The molecule has 0 aliphatic heterocycles. The first-order chi connectivity index (χ1) is 9.56. The quantitative estimate of drug-likeness (QED) is 0.309. The van der Waals surface area contributed by atoms with Crippen molar-refractivity contribution in [2.45, 2.75) is 64.7 Å². The molecule has 1 amide bonds. The molecule has 0 heterocycles. The molecule has 21 heavy (non-hydrogen) atoms. The number of carbonyl (C=O) groups is 2. The van der Waals surface area contributed by atoms with Crippen molar-refractivity contribution in [3.63, 3.8) is 0 Å². The highest BCUT2D eigenvalue weighted by molar-refractivity contribution is 5.96. The number of unbranched alkanes of at least 4 members (excludes halogenated alkanes) is 7. The van der Waals surface area contributed by atoms with Gasteiger partial charge in [0.25, 0.3) is 0 Å². The fourth-order valence-electron chi connectivity index (χ4n) is 1.82. The number of amides is 1. The van der Waals surface area contributed by atoms with Gasteiger partial charge in [-0.05, 0) is 6.42 Å². The molecule has 0 aromatic heterocycles. The summed E-state index contributed by atoms with van der Waals surface area (Å²) in [7, 11) is 0. The van der Waals surface area contributed by atoms with Gasteiger partial charge in [-0.2, -0.15) is 0 Å². The Morgan fingerprint density at radius 1 is 1.05 bits per heavy atom. The summed E-state index contributed by atoms with van der Waals surface area (Å²) in [6, 6.07) is 0. The fraction of sp³-hybridized carbons (Fsp3) is 0.786. The number of aliphatic imine (C=N–C) groups is 1. The number of halogens is 1. The van der Waals surface area contributed by atoms with Gasteiger partial charge in [0.15, 0.2) is 5.96 Å². The number of carboxylic acids is 1. The van der Waals surface area contributed by atoms with Crippen molar-refractivity contribution in [3.8, 4) is 0 Å². The van der Waals surface area contributed by atoms with E-state index in [1.807, 2.05) is 0 Å². The second-order valence-electron chi connectivity index (χ2n) is 4.87. The van der Waals surface area contributed by atoms with Crippen molar-refractivity contribution in [2.24, 2.45) is 10.7 Å². The summed E-state index contributed by atoms with van der Waals surface area (Å²) in [6.07, 6.45) is 9.77. The van der Waals surface area contributed by atoms with Crippen molar-refractivity contribution in [1.29, 1.82) is 0 Å². The number of carbonyl (C=O) groups excluding carboxylic acids is 1. The Morgan fingerprint density at radius 2 is 1.57 bits per heavy atom. The summed E-state index contributed by atoms with van der Waals surface area (Å²) in [5, 5.41) is 10.8. The zero-order valence-electron chi connectivity index (χ0n) is 12.8. The summed E-state index contributed by atoms with van der Waals surface area (Å²) in [6.45, 7) is 1.77. The van der Waals surface area contributed by atoms with Crippen LogP contribution in [0, 0.1) is 0 Å². The van der Waals surface area contributed by atoms with E-state index in [1.165, 1.54) is 32.1 Å². The van der Waals surface area contributed by atoms with Crippen LogP contribution in [-0.2, 0) is 9.59 Å². The van der Waals surface area contributed by atoms with Gasteiger partial charge in [0.05, 0.1) is 0 Å². The first-order valence-electron chi connectivity index (χ1n) is 7.37. The Morgan fingerprint density at radius 3 is 2.10 bits per heavy atom. The number of nitrogens with zero attached hydrogens (tertiary/aromatic N) is 1. The van der Waals surface area contributed by atoms with Gasteiger partial charge in [-0.3, -0.25) is 14.9 Å². The largest absolute Gasteiger partial charge is 0.480 e. The molecule has 0 unspecified atom stereocenters. The van der Waals surface area contributed by atoms with Crippen LogP contribution in [0.3, 0.4) is 0 Å². The molecule has 0 fully saturated rings. The number of rotatable bonds is 11. The van der Waals surface area contributed by atoms with Crippen LogP contribution in [0.5, 0.6) is 0 Å². The van der Waals surface area contributed by atoms with Crippen LogP contribution in [-0.4, -0.2) is 29.5 Å². The number of hydrogen-bond acceptors (Lipinski definition) is 3. The first-order valence-corrected chi connectivity index (χ1v) is 7.37. The molecular weight excluding hydrogens is 294 g/mol. The van der Waals surface area contributed by atoms with E-state index in [9.17, 15) is 9.59 Å². The lowest BCUT2D eigenvalue weighted by atomic mass is 10.1. The van der Waals surface area contributed by atoms with E-state index >= 15 is 0 Å². The highest BCUT2D eigenvalue weighted by Gasteiger charge is 2.03. The third-order valence-electron chi connectivity index (χ3n) is 2.91. The number of hydrogen-bond donors (Lipinski definition) is 3. The Bertz CT molecular complexity index is 323. The third kappa shape index (κ3) is 16.6. The van der Waals surface area contributed by atoms with Crippen molar-refractivity contribution in [3.05, 3.63) is 0 Å². The maximum atomic E-state index is 11.5. The monoisotopic (exact) mass is 321 g/mol. The standard InChI is InChI=1S/C14H27N3O3.ClH/c1-2-3-4-5-6-7-8-9-10-12(18)17-14(15)16-11-13(19)20;/h2-11H2,1H3,(H,19,20)(H3,15,16,17,18);1H. The highest BCUT2D eigenvalue weighted by atomic mass is 35.5. The van der Waals surface area contributed by atoms with Crippen LogP contribution in [0.25, 0.3) is 0 Å². The fourth-order valence-corrected chi connectivity index (χ4v) is 1.82. The van der Waals surface area contributed by atoms with Gasteiger partial charge in [0.1, 0.15) is 6.54 Å². The van der Waals surface area contributed by atoms with Gasteiger partial charge in [-0.25, -0.2) is 4.99 Å². The Hall–Kier alpha value is -1.30. The molecule has 6 nitrogen and oxygen atoms in total. The minimum absolute atomic E-state index is 0. The minimum atomic E-state index is -1.08. The lowest BCUT2D eigenvalue weighted by Crippen LogP contribution is -2.37. The molecule has 0 aromatic rings. The van der Waals surface area contributed by atoms with Gasteiger partial charge in [0, 0.05) is 6.42 Å². The van der Waals surface area contributed by atoms with Crippen LogP contribution in [0.4, 0.5) is 0 Å². The molecule has 7 heteroatoms. The number of nitrogens with two attached hydrogens (primary N) is 1. The molecule has 0 aliphatic rings. The molecule has 0 spiro atoms. The lowest BCUT2D eigenvalue weighted by molar-refractivity contribution is -0.135. The van der Waals surface area contributed by atoms with E-state index < -0.39 is 12.5 Å². The van der Waals surface area contributed by atoms with Gasteiger partial charge in [0.2, 0.25) is 5.91 Å². The van der Waals surface area contributed by atoms with E-state index in [4.69, 9.17) is 10.8 Å². The van der Waals surface area contributed by atoms with Gasteiger partial charge in [-0.1, -0.05) is 51.9 Å². The van der Waals surface area contributed by atoms with Crippen molar-refractivity contribution < 1.29 is 14.7 Å². The van der Waals surface area contributed by atoms with E-state index in [1.54, 1.807) is 0 Å². The first kappa shape index (κ1) is 22.0. The van der Waals surface area contributed by atoms with Crippen molar-refractivity contribution in [2.75, 3.05) is 6.54 Å². The average molecular weight is 322 g/mol. The van der Waals surface area contributed by atoms with Gasteiger partial charge in [-0.15, -0.1) is 12.4 Å². The molecule has 0 saturated heterocycles. The van der Waals surface area contributed by atoms with E-state index in [2.05, 4.69) is 17.2 Å². The molecule has 124 valence electrons. The molecule has 0 radical (unpaired) electrons. The minimum Gasteiger partial charge on any atom is -0.480 e. The SMILES string of the molecule is CCCCCCCCCCC(=O)NC(N)=NCC(=O)O.Cl. The van der Waals surface area contributed by atoms with Crippen LogP contribution >= 0.6 is 12.4 Å². The summed E-state index contributed by atoms with van der Waals surface area (Å²) in [5.74, 6) is -1.41. The average Bonchev–Trinajstić information content (AvgIpc) is 2.39. The third-order valence-corrected chi connectivity index (χ3v) is 2.91. The van der Waals surface area contributed by atoms with Crippen LogP contribution in [0.1, 0.15) is 64.7 Å². The molecule has 0 aromatic carbocycles. The Labute approximate surface area is 133 Å². The molecule has 4 N–H and O–H groups in total. The van der Waals surface area contributed by atoms with Crippen LogP contribution in [0.2, 0.25) is 0 Å². The summed E-state index contributed by atoms with van der Waals surface area (Å²) in [4.78, 5) is 25.2. The summed E-state index contributed by atoms with van der Waals surface area (Å²) in [5.41, 5.74) is 5.38. The second kappa shape index (κ2) is 15.1. The zero-order chi connectivity index (χ0) is 15.2. The van der Waals surface area contributed by atoms with Crippen LogP contribution < -0.4 is 11.1 Å². The Kier molecular flexibility index (Phi) is 15.8. The lowest BCUT2D eigenvalue weighted by Gasteiger charge is -2.04. The van der Waals surface area contributed by atoms with Crippen molar-refractivity contribution >= 4 is 30.2 Å². The van der Waals surface area contributed by atoms with Gasteiger partial charge < -0.3 is 10.8 Å². The van der Waals surface area contributed by atoms with E-state index in [-0.39, 0.29) is 24.3 Å². The molecule has 0 rings (SSSR count). The Balaban J connectivity index is 0. The zero-order valence-corrected chi connectivity index (χ0v) is 13.6. The smallest absolute Gasteiger partial charge is 0.325 e. The van der Waals surface area contributed by atoms with E-state index in [0.717, 1.165) is 19.3 Å². The summed E-state index contributed by atoms with van der Waals surface area (Å²) >= 11 is 0. The molecule has 0 bridgehead atoms. The second-order valence-corrected chi connectivity index (χ2v) is 4.87. The topological polar surface area (TPSA) is 105 Å². The number of aliphatic carboxylic acids is 1. The summed E-state index contributed by atoms with van der Waals surface area (Å²) < 4.78 is 0. The number of carboxylic acid groups (broad SMARTS) is 1. The highest BCUT2D eigenvalue weighted by Crippen LogP contribution is 2.09. The maximum Gasteiger partial charge on any atom is 0.325 e. The molecule has 0 atom stereocenters. The maximum absolute atomic E-state index is 11.5. The molecule has 0 aliphatic carbocycles. The normalized spacial score (nSPS) is 10.8.